The lowest BCUT2D eigenvalue weighted by Crippen LogP contribution is -2.32. The molecule has 1 aromatic rings. The van der Waals surface area contributed by atoms with Crippen molar-refractivity contribution in [2.45, 2.75) is 58.8 Å². The van der Waals surface area contributed by atoms with Gasteiger partial charge in [0.2, 0.25) is 0 Å². The lowest BCUT2D eigenvalue weighted by molar-refractivity contribution is -0.143. The minimum Gasteiger partial charge on any atom is -0.481 e. The van der Waals surface area contributed by atoms with Crippen LogP contribution < -0.4 is 0 Å². The summed E-state index contributed by atoms with van der Waals surface area (Å²) in [5, 5.41) is 9.49. The maximum atomic E-state index is 11.6. The Hall–Kier alpha value is -1.75. The zero-order valence-corrected chi connectivity index (χ0v) is 13.1. The fourth-order valence-electron chi connectivity index (χ4n) is 2.07. The van der Waals surface area contributed by atoms with Crippen LogP contribution in [0, 0.1) is 19.3 Å². The van der Waals surface area contributed by atoms with Crippen molar-refractivity contribution in [3.8, 4) is 12.3 Å². The molecule has 0 bridgehead atoms. The monoisotopic (exact) mass is 274 g/mol. The smallest absolute Gasteiger partial charge is 0.313 e. The molecule has 1 aromatic carbocycles. The van der Waals surface area contributed by atoms with Gasteiger partial charge in [0, 0.05) is 6.42 Å². The largest absolute Gasteiger partial charge is 0.481 e. The van der Waals surface area contributed by atoms with Gasteiger partial charge in [-0.3, -0.25) is 4.79 Å². The molecule has 0 fully saturated rings. The Morgan fingerprint density at radius 2 is 2.00 bits per heavy atom. The third kappa shape index (κ3) is 5.09. The highest BCUT2D eigenvalue weighted by atomic mass is 16.4. The number of benzene rings is 1. The molecule has 2 nitrogen and oxygen atoms in total. The SMILES string of the molecule is C#CCCCCC(C)(C(=O)O)c1cccc(C)c1.CC. The number of terminal acetylenes is 1. The predicted octanol–water partition coefficient (Wildman–Crippen LogP) is 4.56. The van der Waals surface area contributed by atoms with Gasteiger partial charge in [-0.25, -0.2) is 0 Å². The normalized spacial score (nSPS) is 12.6. The van der Waals surface area contributed by atoms with Crippen molar-refractivity contribution in [2.75, 3.05) is 0 Å². The van der Waals surface area contributed by atoms with Gasteiger partial charge in [0.15, 0.2) is 0 Å². The minimum atomic E-state index is -0.819. The van der Waals surface area contributed by atoms with Crippen molar-refractivity contribution in [3.05, 3.63) is 35.4 Å². The summed E-state index contributed by atoms with van der Waals surface area (Å²) < 4.78 is 0. The van der Waals surface area contributed by atoms with Crippen LogP contribution in [0.1, 0.15) is 57.6 Å². The summed E-state index contributed by atoms with van der Waals surface area (Å²) in [6.07, 6.45) is 8.25. The van der Waals surface area contributed by atoms with Crippen LogP contribution in [-0.2, 0) is 10.2 Å². The Kier molecular flexibility index (Phi) is 8.40. The van der Waals surface area contributed by atoms with Gasteiger partial charge in [0.05, 0.1) is 5.41 Å². The summed E-state index contributed by atoms with van der Waals surface area (Å²) in [5.41, 5.74) is 1.14. The molecule has 1 N–H and O–H groups in total. The molecule has 0 saturated carbocycles. The Morgan fingerprint density at radius 1 is 1.35 bits per heavy atom. The number of unbranched alkanes of at least 4 members (excludes halogenated alkanes) is 2. The summed E-state index contributed by atoms with van der Waals surface area (Å²) in [6, 6.07) is 7.73. The van der Waals surface area contributed by atoms with E-state index in [1.807, 2.05) is 45.0 Å². The summed E-state index contributed by atoms with van der Waals surface area (Å²) >= 11 is 0. The highest BCUT2D eigenvalue weighted by Gasteiger charge is 2.34. The Balaban J connectivity index is 0.00000172. The van der Waals surface area contributed by atoms with E-state index in [9.17, 15) is 9.90 Å². The predicted molar refractivity (Wildman–Crippen MR) is 84.8 cm³/mol. The van der Waals surface area contributed by atoms with E-state index in [0.717, 1.165) is 24.0 Å². The first-order valence-corrected chi connectivity index (χ1v) is 7.24. The van der Waals surface area contributed by atoms with Crippen LogP contribution >= 0.6 is 0 Å². The molecule has 110 valence electrons. The van der Waals surface area contributed by atoms with Gasteiger partial charge >= 0.3 is 5.97 Å². The molecule has 1 unspecified atom stereocenters. The number of carbonyl (C=O) groups is 1. The van der Waals surface area contributed by atoms with Gasteiger partial charge in [-0.15, -0.1) is 12.3 Å². The summed E-state index contributed by atoms with van der Waals surface area (Å²) in [5.74, 6) is 1.82. The van der Waals surface area contributed by atoms with Crippen LogP contribution in [0.2, 0.25) is 0 Å². The second-order valence-corrected chi connectivity index (χ2v) is 4.92. The van der Waals surface area contributed by atoms with Gasteiger partial charge in [0.25, 0.3) is 0 Å². The Morgan fingerprint density at radius 3 is 2.50 bits per heavy atom. The first-order chi connectivity index (χ1) is 9.50. The number of carboxylic acid groups (broad SMARTS) is 1. The molecule has 0 spiro atoms. The van der Waals surface area contributed by atoms with E-state index in [4.69, 9.17) is 6.42 Å². The molecule has 2 heteroatoms. The zero-order valence-electron chi connectivity index (χ0n) is 13.1. The molecule has 0 aliphatic rings. The van der Waals surface area contributed by atoms with Crippen molar-refractivity contribution in [1.29, 1.82) is 0 Å². The van der Waals surface area contributed by atoms with Crippen molar-refractivity contribution in [3.63, 3.8) is 0 Å². The van der Waals surface area contributed by atoms with E-state index in [1.54, 1.807) is 6.92 Å². The van der Waals surface area contributed by atoms with E-state index < -0.39 is 11.4 Å². The maximum absolute atomic E-state index is 11.6. The first kappa shape index (κ1) is 18.2. The average molecular weight is 274 g/mol. The molecule has 0 aliphatic heterocycles. The summed E-state index contributed by atoms with van der Waals surface area (Å²) in [7, 11) is 0. The highest BCUT2D eigenvalue weighted by Crippen LogP contribution is 2.30. The minimum absolute atomic E-state index is 0.619. The molecular formula is C18H26O2. The van der Waals surface area contributed by atoms with Crippen molar-refractivity contribution in [1.82, 2.24) is 0 Å². The molecule has 0 amide bonds. The van der Waals surface area contributed by atoms with Gasteiger partial charge in [-0.05, 0) is 32.3 Å². The summed E-state index contributed by atoms with van der Waals surface area (Å²) in [6.45, 7) is 7.77. The molecule has 1 rings (SSSR count). The van der Waals surface area contributed by atoms with E-state index in [1.165, 1.54) is 0 Å². The number of hydrogen-bond donors (Lipinski definition) is 1. The number of hydrogen-bond acceptors (Lipinski definition) is 1. The zero-order chi connectivity index (χ0) is 15.6. The fourth-order valence-corrected chi connectivity index (χ4v) is 2.07. The standard InChI is InChI=1S/C16H20O2.C2H6/c1-4-5-6-7-11-16(3,15(17)18)14-10-8-9-13(2)12-14;1-2/h1,8-10,12H,5-7,11H2,2-3H3,(H,17,18);1-2H3. The maximum Gasteiger partial charge on any atom is 0.313 e. The molecule has 0 aliphatic carbocycles. The lowest BCUT2D eigenvalue weighted by atomic mass is 9.77. The third-order valence-corrected chi connectivity index (χ3v) is 3.38. The molecule has 0 heterocycles. The Labute approximate surface area is 123 Å². The van der Waals surface area contributed by atoms with Gasteiger partial charge in [0.1, 0.15) is 0 Å². The molecule has 0 aromatic heterocycles. The number of rotatable bonds is 6. The third-order valence-electron chi connectivity index (χ3n) is 3.38. The number of aliphatic carboxylic acids is 1. The molecular weight excluding hydrogens is 248 g/mol. The van der Waals surface area contributed by atoms with Crippen molar-refractivity contribution >= 4 is 5.97 Å². The van der Waals surface area contributed by atoms with Crippen LogP contribution in [0.4, 0.5) is 0 Å². The average Bonchev–Trinajstić information content (AvgIpc) is 2.45. The molecule has 1 atom stereocenters. The molecule has 20 heavy (non-hydrogen) atoms. The van der Waals surface area contributed by atoms with E-state index in [0.29, 0.717) is 12.8 Å². The lowest BCUT2D eigenvalue weighted by Gasteiger charge is -2.25. The molecule has 0 radical (unpaired) electrons. The van der Waals surface area contributed by atoms with Crippen LogP contribution in [0.25, 0.3) is 0 Å². The topological polar surface area (TPSA) is 37.3 Å². The summed E-state index contributed by atoms with van der Waals surface area (Å²) in [4.78, 5) is 11.6. The van der Waals surface area contributed by atoms with Crippen molar-refractivity contribution < 1.29 is 9.90 Å². The van der Waals surface area contributed by atoms with E-state index in [2.05, 4.69) is 5.92 Å². The second kappa shape index (κ2) is 9.20. The quantitative estimate of drug-likeness (QED) is 0.610. The second-order valence-electron chi connectivity index (χ2n) is 4.92. The van der Waals surface area contributed by atoms with Gasteiger partial charge in [-0.2, -0.15) is 0 Å². The Bertz CT molecular complexity index is 457. The van der Waals surface area contributed by atoms with E-state index >= 15 is 0 Å². The van der Waals surface area contributed by atoms with Crippen LogP contribution in [-0.4, -0.2) is 11.1 Å². The molecule has 0 saturated heterocycles. The number of carboxylic acids is 1. The van der Waals surface area contributed by atoms with Crippen molar-refractivity contribution in [2.24, 2.45) is 0 Å². The highest BCUT2D eigenvalue weighted by molar-refractivity contribution is 5.80. The fraction of sp³-hybridized carbons (Fsp3) is 0.500. The van der Waals surface area contributed by atoms with Crippen LogP contribution in [0.15, 0.2) is 24.3 Å². The first-order valence-electron chi connectivity index (χ1n) is 7.24. The van der Waals surface area contributed by atoms with Gasteiger partial charge in [-0.1, -0.05) is 50.1 Å². The van der Waals surface area contributed by atoms with Crippen LogP contribution in [0.3, 0.4) is 0 Å². The number of aryl methyl sites for hydroxylation is 1. The van der Waals surface area contributed by atoms with Gasteiger partial charge < -0.3 is 5.11 Å². The van der Waals surface area contributed by atoms with Crippen LogP contribution in [0.5, 0.6) is 0 Å². The van der Waals surface area contributed by atoms with E-state index in [-0.39, 0.29) is 0 Å².